The molecule has 0 aliphatic heterocycles. The third kappa shape index (κ3) is 3.10. The topological polar surface area (TPSA) is 68.0 Å². The van der Waals surface area contributed by atoms with Gasteiger partial charge >= 0.3 is 0 Å². The molecule has 0 fully saturated rings. The molecule has 1 heterocycles. The van der Waals surface area contributed by atoms with Gasteiger partial charge in [0.25, 0.3) is 5.91 Å². The maximum Gasteiger partial charge on any atom is 0.271 e. The van der Waals surface area contributed by atoms with E-state index in [2.05, 4.69) is 16.9 Å². The van der Waals surface area contributed by atoms with Crippen LogP contribution < -0.4 is 11.1 Å². The second-order valence-electron chi connectivity index (χ2n) is 2.53. The van der Waals surface area contributed by atoms with Gasteiger partial charge in [-0.3, -0.25) is 4.79 Å². The number of carbonyl (C=O) groups is 1. The lowest BCUT2D eigenvalue weighted by molar-refractivity contribution is 0.0953. The molecule has 0 radical (unpaired) electrons. The number of halogens is 1. The molecule has 0 aliphatic carbocycles. The molecule has 0 unspecified atom stereocenters. The molecule has 0 spiro atoms. The van der Waals surface area contributed by atoms with Crippen molar-refractivity contribution in [1.29, 1.82) is 0 Å². The van der Waals surface area contributed by atoms with Crippen molar-refractivity contribution in [3.05, 3.63) is 27.7 Å². The highest BCUT2D eigenvalue weighted by Gasteiger charge is 2.09. The van der Waals surface area contributed by atoms with Gasteiger partial charge in [-0.15, -0.1) is 11.3 Å². The lowest BCUT2D eigenvalue weighted by Crippen LogP contribution is -2.24. The van der Waals surface area contributed by atoms with Crippen LogP contribution in [0.15, 0.2) is 17.0 Å². The van der Waals surface area contributed by atoms with Gasteiger partial charge in [-0.2, -0.15) is 0 Å². The summed E-state index contributed by atoms with van der Waals surface area (Å²) in [5.74, 6) is -0.261. The summed E-state index contributed by atoms with van der Waals surface area (Å²) in [6, 6.07) is 0. The molecule has 14 heavy (non-hydrogen) atoms. The first-order valence-electron chi connectivity index (χ1n) is 3.89. The lowest BCUT2D eigenvalue weighted by Gasteiger charge is -1.99. The Balaban J connectivity index is 2.56. The molecule has 1 amide bonds. The van der Waals surface area contributed by atoms with Gasteiger partial charge in [-0.25, -0.2) is 4.98 Å². The Bertz CT molecular complexity index is 350. The van der Waals surface area contributed by atoms with E-state index in [0.717, 1.165) is 5.01 Å². The maximum absolute atomic E-state index is 11.4. The fraction of sp³-hybridized carbons (Fsp3) is 0.250. The Morgan fingerprint density at radius 1 is 1.79 bits per heavy atom. The van der Waals surface area contributed by atoms with E-state index in [-0.39, 0.29) is 12.5 Å². The highest BCUT2D eigenvalue weighted by Crippen LogP contribution is 2.08. The number of thiazole rings is 1. The predicted molar refractivity (Wildman–Crippen MR) is 57.3 cm³/mol. The van der Waals surface area contributed by atoms with E-state index in [1.807, 2.05) is 0 Å². The number of nitrogens with zero attached hydrogens (tertiary/aromatic N) is 1. The van der Waals surface area contributed by atoms with Crippen LogP contribution >= 0.6 is 22.9 Å². The summed E-state index contributed by atoms with van der Waals surface area (Å²) in [5, 5.41) is 5.35. The van der Waals surface area contributed by atoms with Crippen molar-refractivity contribution in [2.24, 2.45) is 5.73 Å². The third-order valence-corrected chi connectivity index (χ3v) is 2.40. The van der Waals surface area contributed by atoms with Crippen molar-refractivity contribution in [2.75, 3.05) is 6.54 Å². The van der Waals surface area contributed by atoms with Crippen molar-refractivity contribution in [3.63, 3.8) is 0 Å². The van der Waals surface area contributed by atoms with Gasteiger partial charge in [-0.05, 0) is 0 Å². The van der Waals surface area contributed by atoms with Gasteiger partial charge in [0, 0.05) is 17.0 Å². The van der Waals surface area contributed by atoms with Crippen LogP contribution in [0, 0.1) is 0 Å². The van der Waals surface area contributed by atoms with Gasteiger partial charge in [-0.1, -0.05) is 18.2 Å². The number of rotatable bonds is 4. The molecule has 6 heteroatoms. The minimum absolute atomic E-state index is 0.246. The van der Waals surface area contributed by atoms with Crippen LogP contribution in [0.25, 0.3) is 0 Å². The van der Waals surface area contributed by atoms with Crippen molar-refractivity contribution in [3.8, 4) is 0 Å². The smallest absolute Gasteiger partial charge is 0.271 e. The van der Waals surface area contributed by atoms with Gasteiger partial charge in [0.05, 0.1) is 6.54 Å². The second kappa shape index (κ2) is 5.09. The Kier molecular flexibility index (Phi) is 4.06. The van der Waals surface area contributed by atoms with Crippen molar-refractivity contribution in [2.45, 2.75) is 6.54 Å². The molecular formula is C8H10ClN3OS. The molecule has 0 aliphatic rings. The SMILES string of the molecule is C=C(Cl)CNC(=O)c1csc(CN)n1. The minimum Gasteiger partial charge on any atom is -0.346 e. The standard InChI is InChI=1S/C8H10ClN3OS/c1-5(9)3-11-8(13)6-4-14-7(2-10)12-6/h4H,1-3,10H2,(H,11,13). The summed E-state index contributed by atoms with van der Waals surface area (Å²) in [4.78, 5) is 15.4. The van der Waals surface area contributed by atoms with E-state index in [0.29, 0.717) is 17.3 Å². The molecule has 76 valence electrons. The molecule has 0 saturated heterocycles. The van der Waals surface area contributed by atoms with E-state index in [4.69, 9.17) is 17.3 Å². The number of amides is 1. The maximum atomic E-state index is 11.4. The Morgan fingerprint density at radius 3 is 3.00 bits per heavy atom. The first kappa shape index (κ1) is 11.2. The summed E-state index contributed by atoms with van der Waals surface area (Å²) in [6.45, 7) is 4.05. The molecule has 4 nitrogen and oxygen atoms in total. The molecule has 1 aromatic rings. The largest absolute Gasteiger partial charge is 0.346 e. The molecule has 1 aromatic heterocycles. The first-order chi connectivity index (χ1) is 6.63. The molecule has 0 bridgehead atoms. The number of carbonyl (C=O) groups excluding carboxylic acids is 1. The van der Waals surface area contributed by atoms with Crippen LogP contribution in [0.3, 0.4) is 0 Å². The van der Waals surface area contributed by atoms with Crippen LogP contribution in [0.2, 0.25) is 0 Å². The van der Waals surface area contributed by atoms with E-state index < -0.39 is 0 Å². The second-order valence-corrected chi connectivity index (χ2v) is 4.01. The zero-order valence-electron chi connectivity index (χ0n) is 7.42. The Morgan fingerprint density at radius 2 is 2.50 bits per heavy atom. The lowest BCUT2D eigenvalue weighted by atomic mass is 10.4. The third-order valence-electron chi connectivity index (χ3n) is 1.40. The van der Waals surface area contributed by atoms with Crippen molar-refractivity contribution in [1.82, 2.24) is 10.3 Å². The van der Waals surface area contributed by atoms with Crippen LogP contribution in [0.4, 0.5) is 0 Å². The van der Waals surface area contributed by atoms with E-state index in [1.54, 1.807) is 5.38 Å². The first-order valence-corrected chi connectivity index (χ1v) is 5.15. The summed E-state index contributed by atoms with van der Waals surface area (Å²) in [5.41, 5.74) is 5.74. The highest BCUT2D eigenvalue weighted by atomic mass is 35.5. The van der Waals surface area contributed by atoms with Crippen LogP contribution in [0.1, 0.15) is 15.5 Å². The van der Waals surface area contributed by atoms with Crippen LogP contribution in [0.5, 0.6) is 0 Å². The molecule has 1 rings (SSSR count). The highest BCUT2D eigenvalue weighted by molar-refractivity contribution is 7.09. The van der Waals surface area contributed by atoms with Crippen LogP contribution in [-0.4, -0.2) is 17.4 Å². The zero-order chi connectivity index (χ0) is 10.6. The van der Waals surface area contributed by atoms with Crippen LogP contribution in [-0.2, 0) is 6.54 Å². The summed E-state index contributed by atoms with van der Waals surface area (Å²) in [7, 11) is 0. The van der Waals surface area contributed by atoms with Gasteiger partial charge < -0.3 is 11.1 Å². The Hall–Kier alpha value is -0.910. The zero-order valence-corrected chi connectivity index (χ0v) is 8.99. The predicted octanol–water partition coefficient (Wildman–Crippen LogP) is 1.08. The number of nitrogens with two attached hydrogens (primary N) is 1. The average Bonchev–Trinajstić information content (AvgIpc) is 2.62. The fourth-order valence-corrected chi connectivity index (χ4v) is 1.50. The molecule has 0 atom stereocenters. The minimum atomic E-state index is -0.261. The molecule has 0 saturated carbocycles. The number of nitrogens with one attached hydrogen (secondary N) is 1. The molecule has 0 aromatic carbocycles. The Labute approximate surface area is 90.8 Å². The average molecular weight is 232 g/mol. The summed E-state index contributed by atoms with van der Waals surface area (Å²) in [6.07, 6.45) is 0. The number of aromatic nitrogens is 1. The molecular weight excluding hydrogens is 222 g/mol. The van der Waals surface area contributed by atoms with Crippen molar-refractivity contribution >= 4 is 28.8 Å². The quantitative estimate of drug-likeness (QED) is 0.815. The van der Waals surface area contributed by atoms with Gasteiger partial charge in [0.1, 0.15) is 10.7 Å². The number of hydrogen-bond donors (Lipinski definition) is 2. The summed E-state index contributed by atoms with van der Waals surface area (Å²) < 4.78 is 0. The van der Waals surface area contributed by atoms with E-state index in [1.165, 1.54) is 11.3 Å². The summed E-state index contributed by atoms with van der Waals surface area (Å²) >= 11 is 6.85. The normalized spacial score (nSPS) is 9.86. The monoisotopic (exact) mass is 231 g/mol. The van der Waals surface area contributed by atoms with E-state index in [9.17, 15) is 4.79 Å². The van der Waals surface area contributed by atoms with Gasteiger partial charge in [0.15, 0.2) is 0 Å². The fourth-order valence-electron chi connectivity index (χ4n) is 0.776. The molecule has 3 N–H and O–H groups in total. The van der Waals surface area contributed by atoms with Gasteiger partial charge in [0.2, 0.25) is 0 Å². The van der Waals surface area contributed by atoms with Crippen molar-refractivity contribution < 1.29 is 4.79 Å². The number of hydrogen-bond acceptors (Lipinski definition) is 4. The van der Waals surface area contributed by atoms with E-state index >= 15 is 0 Å².